The second kappa shape index (κ2) is 9.21. The Kier molecular flexibility index (Phi) is 6.66. The van der Waals surface area contributed by atoms with Crippen molar-refractivity contribution in [3.63, 3.8) is 0 Å². The molecule has 30 heavy (non-hydrogen) atoms. The Labute approximate surface area is 172 Å². The van der Waals surface area contributed by atoms with Crippen LogP contribution in [0, 0.1) is 11.3 Å². The lowest BCUT2D eigenvalue weighted by molar-refractivity contribution is -0.112. The highest BCUT2D eigenvalue weighted by Crippen LogP contribution is 2.32. The quantitative estimate of drug-likeness (QED) is 0.349. The Bertz CT molecular complexity index is 1040. The lowest BCUT2D eigenvalue weighted by Gasteiger charge is -2.28. The van der Waals surface area contributed by atoms with Crippen molar-refractivity contribution < 1.29 is 29.9 Å². The molecular formula is C21H23N3O6. The van der Waals surface area contributed by atoms with Crippen molar-refractivity contribution in [1.29, 1.82) is 5.26 Å². The highest BCUT2D eigenvalue weighted by Gasteiger charge is 2.31. The molecule has 3 rings (SSSR count). The molecule has 9 nitrogen and oxygen atoms in total. The number of benzene rings is 2. The van der Waals surface area contributed by atoms with Crippen molar-refractivity contribution in [2.75, 3.05) is 25.1 Å². The minimum Gasteiger partial charge on any atom is -0.419 e. The summed E-state index contributed by atoms with van der Waals surface area (Å²) in [5, 5.41) is 59.6. The number of oxazole rings is 1. The standard InChI is InChI=1S/C21H23N3O6/c1-24(10-16(26)18(28)19(29)17(27)11-25)21-15(9-22)23-20(30-21)14-8-4-6-12-5-2-3-7-13(12)14/h2-8,16-19,25-29H,10-11H2,1H3. The average Bonchev–Trinajstić information content (AvgIpc) is 3.21. The number of hydrogen-bond acceptors (Lipinski definition) is 9. The van der Waals surface area contributed by atoms with E-state index in [9.17, 15) is 25.7 Å². The van der Waals surface area contributed by atoms with Crippen LogP contribution in [0.4, 0.5) is 5.88 Å². The van der Waals surface area contributed by atoms with E-state index in [0.29, 0.717) is 5.56 Å². The van der Waals surface area contributed by atoms with Crippen LogP contribution >= 0.6 is 0 Å². The van der Waals surface area contributed by atoms with Gasteiger partial charge in [0.05, 0.1) is 6.61 Å². The summed E-state index contributed by atoms with van der Waals surface area (Å²) < 4.78 is 5.82. The third-order valence-corrected chi connectivity index (χ3v) is 4.87. The molecule has 0 aliphatic heterocycles. The van der Waals surface area contributed by atoms with Crippen molar-refractivity contribution in [2.45, 2.75) is 24.4 Å². The maximum Gasteiger partial charge on any atom is 0.234 e. The highest BCUT2D eigenvalue weighted by atomic mass is 16.4. The molecular weight excluding hydrogens is 390 g/mol. The molecule has 0 fully saturated rings. The summed E-state index contributed by atoms with van der Waals surface area (Å²) in [4.78, 5) is 5.64. The van der Waals surface area contributed by atoms with Gasteiger partial charge in [0.25, 0.3) is 0 Å². The van der Waals surface area contributed by atoms with Crippen molar-refractivity contribution in [2.24, 2.45) is 0 Å². The molecule has 1 heterocycles. The van der Waals surface area contributed by atoms with Crippen LogP contribution in [0.3, 0.4) is 0 Å². The summed E-state index contributed by atoms with van der Waals surface area (Å²) in [5.74, 6) is 0.319. The molecule has 3 aromatic rings. The summed E-state index contributed by atoms with van der Waals surface area (Å²) in [6.45, 7) is -0.995. The number of nitrogens with zero attached hydrogens (tertiary/aromatic N) is 3. The van der Waals surface area contributed by atoms with Gasteiger partial charge in [-0.3, -0.25) is 0 Å². The summed E-state index contributed by atoms with van der Waals surface area (Å²) in [5.41, 5.74) is 0.699. The monoisotopic (exact) mass is 413 g/mol. The first-order chi connectivity index (χ1) is 14.4. The third kappa shape index (κ3) is 4.28. The number of aliphatic hydroxyl groups is 5. The first-order valence-corrected chi connectivity index (χ1v) is 9.30. The number of likely N-dealkylation sites (N-methyl/N-ethyl adjacent to an activating group) is 1. The van der Waals surface area contributed by atoms with Gasteiger partial charge >= 0.3 is 0 Å². The van der Waals surface area contributed by atoms with Crippen LogP contribution in [0.5, 0.6) is 0 Å². The molecule has 0 radical (unpaired) electrons. The molecule has 0 aliphatic rings. The van der Waals surface area contributed by atoms with Gasteiger partial charge in [0.2, 0.25) is 17.5 Å². The molecule has 0 amide bonds. The second-order valence-electron chi connectivity index (χ2n) is 6.99. The van der Waals surface area contributed by atoms with Crippen LogP contribution in [-0.4, -0.2) is 75.1 Å². The molecule has 9 heteroatoms. The number of hydrogen-bond donors (Lipinski definition) is 5. The Hall–Kier alpha value is -3.00. The van der Waals surface area contributed by atoms with Gasteiger partial charge in [-0.05, 0) is 16.8 Å². The predicted molar refractivity (Wildman–Crippen MR) is 109 cm³/mol. The van der Waals surface area contributed by atoms with Crippen molar-refractivity contribution in [3.8, 4) is 17.5 Å². The van der Waals surface area contributed by atoms with E-state index in [4.69, 9.17) is 9.52 Å². The lowest BCUT2D eigenvalue weighted by atomic mass is 10.0. The normalized spacial score (nSPS) is 15.4. The van der Waals surface area contributed by atoms with E-state index in [-0.39, 0.29) is 24.0 Å². The molecule has 1 aromatic heterocycles. The maximum absolute atomic E-state index is 10.2. The average molecular weight is 413 g/mol. The molecule has 0 spiro atoms. The fourth-order valence-electron chi connectivity index (χ4n) is 3.21. The van der Waals surface area contributed by atoms with Gasteiger partial charge in [0, 0.05) is 19.2 Å². The van der Waals surface area contributed by atoms with Gasteiger partial charge in [0.1, 0.15) is 30.5 Å². The fourth-order valence-corrected chi connectivity index (χ4v) is 3.21. The van der Waals surface area contributed by atoms with Gasteiger partial charge < -0.3 is 34.8 Å². The second-order valence-corrected chi connectivity index (χ2v) is 6.99. The summed E-state index contributed by atoms with van der Waals surface area (Å²) >= 11 is 0. The topological polar surface area (TPSA) is 154 Å². The van der Waals surface area contributed by atoms with Gasteiger partial charge in [-0.25, -0.2) is 0 Å². The van der Waals surface area contributed by atoms with E-state index in [2.05, 4.69) is 4.98 Å². The van der Waals surface area contributed by atoms with Gasteiger partial charge in [-0.1, -0.05) is 36.4 Å². The number of nitriles is 1. The van der Waals surface area contributed by atoms with E-state index in [1.165, 1.54) is 11.9 Å². The number of rotatable bonds is 8. The Balaban J connectivity index is 1.86. The lowest BCUT2D eigenvalue weighted by Crippen LogP contribution is -2.49. The number of aliphatic hydroxyl groups excluding tert-OH is 5. The SMILES string of the molecule is CN(CC(O)C(O)C(O)C(O)CO)c1oc(-c2cccc3ccccc23)nc1C#N. The number of aromatic nitrogens is 1. The number of fused-ring (bicyclic) bond motifs is 1. The minimum absolute atomic E-state index is 0.00179. The highest BCUT2D eigenvalue weighted by molar-refractivity contribution is 5.94. The minimum atomic E-state index is -1.74. The third-order valence-electron chi connectivity index (χ3n) is 4.87. The zero-order valence-corrected chi connectivity index (χ0v) is 16.3. The molecule has 2 aromatic carbocycles. The largest absolute Gasteiger partial charge is 0.419 e. The molecule has 5 N–H and O–H groups in total. The fraction of sp³-hybridized carbons (Fsp3) is 0.333. The number of anilines is 1. The molecule has 0 saturated carbocycles. The van der Waals surface area contributed by atoms with E-state index in [0.717, 1.165) is 10.8 Å². The van der Waals surface area contributed by atoms with Crippen molar-refractivity contribution in [3.05, 3.63) is 48.2 Å². The van der Waals surface area contributed by atoms with E-state index in [1.54, 1.807) is 0 Å². The molecule has 0 bridgehead atoms. The van der Waals surface area contributed by atoms with Gasteiger partial charge in [-0.15, -0.1) is 0 Å². The molecule has 158 valence electrons. The molecule has 0 saturated heterocycles. The Morgan fingerprint density at radius 3 is 2.40 bits per heavy atom. The van der Waals surface area contributed by atoms with Gasteiger partial charge in [0.15, 0.2) is 0 Å². The van der Waals surface area contributed by atoms with Gasteiger partial charge in [-0.2, -0.15) is 10.2 Å². The molecule has 0 aliphatic carbocycles. The zero-order valence-electron chi connectivity index (χ0n) is 16.3. The van der Waals surface area contributed by atoms with E-state index < -0.39 is 31.0 Å². The smallest absolute Gasteiger partial charge is 0.234 e. The first kappa shape index (κ1) is 21.7. The Morgan fingerprint density at radius 1 is 1.03 bits per heavy atom. The maximum atomic E-state index is 10.2. The van der Waals surface area contributed by atoms with Crippen LogP contribution in [0.25, 0.3) is 22.2 Å². The first-order valence-electron chi connectivity index (χ1n) is 9.30. The molecule has 4 unspecified atom stereocenters. The summed E-state index contributed by atoms with van der Waals surface area (Å²) in [7, 11) is 1.53. The zero-order chi connectivity index (χ0) is 21.8. The van der Waals surface area contributed by atoms with Crippen molar-refractivity contribution in [1.82, 2.24) is 4.98 Å². The van der Waals surface area contributed by atoms with Crippen LogP contribution in [0.2, 0.25) is 0 Å². The van der Waals surface area contributed by atoms with Crippen LogP contribution in [0.1, 0.15) is 5.69 Å². The van der Waals surface area contributed by atoms with Crippen LogP contribution < -0.4 is 4.90 Å². The summed E-state index contributed by atoms with van der Waals surface area (Å²) in [6.07, 6.45) is -6.56. The van der Waals surface area contributed by atoms with Crippen molar-refractivity contribution >= 4 is 16.7 Å². The van der Waals surface area contributed by atoms with E-state index in [1.807, 2.05) is 48.5 Å². The van der Waals surface area contributed by atoms with Crippen LogP contribution in [0.15, 0.2) is 46.9 Å². The van der Waals surface area contributed by atoms with E-state index >= 15 is 0 Å². The summed E-state index contributed by atoms with van der Waals surface area (Å²) in [6, 6.07) is 15.2. The predicted octanol–water partition coefficient (Wildman–Crippen LogP) is 0.239. The molecule has 4 atom stereocenters. The Morgan fingerprint density at radius 2 is 1.70 bits per heavy atom. The van der Waals surface area contributed by atoms with Crippen LogP contribution in [-0.2, 0) is 0 Å².